The summed E-state index contributed by atoms with van der Waals surface area (Å²) < 4.78 is 8.41. The molecule has 44 valence electrons. The van der Waals surface area contributed by atoms with Gasteiger partial charge in [0.15, 0.2) is 0 Å². The Morgan fingerprint density at radius 2 is 2.12 bits per heavy atom. The van der Waals surface area contributed by atoms with Crippen LogP contribution in [0.2, 0.25) is 0 Å². The Morgan fingerprint density at radius 3 is 2.50 bits per heavy atom. The number of carbonyl (C=O) groups excluding carboxylic acids is 1. The molecule has 0 aliphatic heterocycles. The molecule has 0 aliphatic carbocycles. The summed E-state index contributed by atoms with van der Waals surface area (Å²) in [4.78, 5) is 10.1. The molecule has 0 saturated carbocycles. The van der Waals surface area contributed by atoms with Crippen molar-refractivity contribution in [2.24, 2.45) is 0 Å². The van der Waals surface area contributed by atoms with Gasteiger partial charge in [-0.3, -0.25) is 0 Å². The van der Waals surface area contributed by atoms with E-state index in [-0.39, 0.29) is 0 Å². The van der Waals surface area contributed by atoms with Gasteiger partial charge in [0, 0.05) is 0 Å². The van der Waals surface area contributed by atoms with Gasteiger partial charge in [-0.05, 0) is 0 Å². The first-order valence-electron chi connectivity index (χ1n) is 1.93. The number of esters is 1. The zero-order valence-electron chi connectivity index (χ0n) is 4.72. The van der Waals surface area contributed by atoms with Crippen LogP contribution < -0.4 is 0 Å². The van der Waals surface area contributed by atoms with Crippen LogP contribution in [0, 0.1) is 12.0 Å². The maximum absolute atomic E-state index is 10.1. The van der Waals surface area contributed by atoms with Gasteiger partial charge in [0.2, 0.25) is 0 Å². The van der Waals surface area contributed by atoms with Crippen molar-refractivity contribution in [3.8, 4) is 12.0 Å². The van der Waals surface area contributed by atoms with E-state index in [4.69, 9.17) is 0 Å². The van der Waals surface area contributed by atoms with Gasteiger partial charge in [-0.2, -0.15) is 0 Å². The van der Waals surface area contributed by atoms with Crippen LogP contribution in [0.15, 0.2) is 0 Å². The summed E-state index contributed by atoms with van der Waals surface area (Å²) in [6, 6.07) is 0. The van der Waals surface area contributed by atoms with Gasteiger partial charge >= 0.3 is 5.97 Å². The molecule has 3 heteroatoms. The van der Waals surface area contributed by atoms with E-state index in [0.29, 0.717) is 0 Å². The first-order chi connectivity index (χ1) is 3.81. The van der Waals surface area contributed by atoms with E-state index in [1.165, 1.54) is 14.2 Å². The third-order valence-corrected chi connectivity index (χ3v) is 0.441. The Kier molecular flexibility index (Phi) is 3.42. The Balaban J connectivity index is 3.52. The predicted octanol–water partition coefficient (Wildman–Crippen LogP) is -0.233. The zero-order valence-corrected chi connectivity index (χ0v) is 4.72. The Labute approximate surface area is 47.6 Å². The average Bonchev–Trinajstić information content (AvgIpc) is 1.83. The third kappa shape index (κ3) is 3.04. The Bertz CT molecular complexity index is 128. The minimum absolute atomic E-state index is 0.591. The standard InChI is InChI=1S/C5H6O3/c1-7-4-3-5(6)8-2/h1-2H3. The van der Waals surface area contributed by atoms with Gasteiger partial charge in [0.05, 0.1) is 20.1 Å². The molecule has 0 rings (SSSR count). The molecule has 0 bridgehead atoms. The van der Waals surface area contributed by atoms with Crippen LogP contribution in [-0.4, -0.2) is 20.2 Å². The summed E-state index contributed by atoms with van der Waals surface area (Å²) in [5.74, 6) is 1.46. The van der Waals surface area contributed by atoms with E-state index in [0.717, 1.165) is 0 Å². The molecule has 0 saturated heterocycles. The second kappa shape index (κ2) is 4.00. The Hall–Kier alpha value is -1.17. The summed E-state index contributed by atoms with van der Waals surface area (Å²) in [6.07, 6.45) is 2.07. The van der Waals surface area contributed by atoms with Gasteiger partial charge in [0.25, 0.3) is 0 Å². The smallest absolute Gasteiger partial charge is 0.387 e. The molecule has 3 nitrogen and oxygen atoms in total. The molecule has 0 amide bonds. The highest BCUT2D eigenvalue weighted by atomic mass is 16.5. The number of ether oxygens (including phenoxy) is 2. The fourth-order valence-electron chi connectivity index (χ4n) is 0.144. The van der Waals surface area contributed by atoms with Crippen LogP contribution in [-0.2, 0) is 14.3 Å². The number of hydrogen-bond donors (Lipinski definition) is 0. The highest BCUT2D eigenvalue weighted by Crippen LogP contribution is 1.66. The van der Waals surface area contributed by atoms with Crippen LogP contribution in [0.4, 0.5) is 0 Å². The van der Waals surface area contributed by atoms with Crippen LogP contribution in [0.1, 0.15) is 0 Å². The summed E-state index contributed by atoms with van der Waals surface area (Å²) >= 11 is 0. The van der Waals surface area contributed by atoms with Gasteiger partial charge in [-0.25, -0.2) is 4.79 Å². The molecule has 0 aliphatic rings. The van der Waals surface area contributed by atoms with Crippen LogP contribution >= 0.6 is 0 Å². The number of hydrogen-bond acceptors (Lipinski definition) is 3. The van der Waals surface area contributed by atoms with Crippen molar-refractivity contribution >= 4 is 5.97 Å². The highest BCUT2D eigenvalue weighted by Gasteiger charge is 1.86. The number of methoxy groups -OCH3 is 2. The lowest BCUT2D eigenvalue weighted by Gasteiger charge is -1.82. The Morgan fingerprint density at radius 1 is 1.50 bits per heavy atom. The monoisotopic (exact) mass is 114 g/mol. The summed E-state index contributed by atoms with van der Waals surface area (Å²) in [6.45, 7) is 0. The number of carbonyl (C=O) groups is 1. The minimum atomic E-state index is -0.591. The van der Waals surface area contributed by atoms with Gasteiger partial charge in [-0.1, -0.05) is 0 Å². The largest absolute Gasteiger partial charge is 0.459 e. The number of rotatable bonds is 0. The predicted molar refractivity (Wildman–Crippen MR) is 26.8 cm³/mol. The lowest BCUT2D eigenvalue weighted by Crippen LogP contribution is -1.94. The summed E-state index contributed by atoms with van der Waals surface area (Å²) in [5.41, 5.74) is 0. The van der Waals surface area contributed by atoms with E-state index in [9.17, 15) is 4.79 Å². The lowest BCUT2D eigenvalue weighted by molar-refractivity contribution is -0.133. The molecular formula is C5H6O3. The fourth-order valence-corrected chi connectivity index (χ4v) is 0.144. The van der Waals surface area contributed by atoms with Crippen LogP contribution in [0.3, 0.4) is 0 Å². The fraction of sp³-hybridized carbons (Fsp3) is 0.400. The molecule has 0 fully saturated rings. The van der Waals surface area contributed by atoms with Crippen molar-refractivity contribution in [1.29, 1.82) is 0 Å². The van der Waals surface area contributed by atoms with Crippen molar-refractivity contribution in [2.45, 2.75) is 0 Å². The SMILES string of the molecule is COC#CC(=O)OC. The van der Waals surface area contributed by atoms with E-state index >= 15 is 0 Å². The maximum Gasteiger partial charge on any atom is 0.387 e. The molecule has 0 spiro atoms. The zero-order chi connectivity index (χ0) is 6.41. The topological polar surface area (TPSA) is 35.5 Å². The quantitative estimate of drug-likeness (QED) is 0.322. The maximum atomic E-state index is 10.1. The molecule has 0 atom stereocenters. The van der Waals surface area contributed by atoms with E-state index in [1.54, 1.807) is 0 Å². The molecular weight excluding hydrogens is 108 g/mol. The minimum Gasteiger partial charge on any atom is -0.459 e. The molecule has 0 heterocycles. The van der Waals surface area contributed by atoms with Crippen molar-refractivity contribution in [3.63, 3.8) is 0 Å². The molecule has 0 unspecified atom stereocenters. The highest BCUT2D eigenvalue weighted by molar-refractivity contribution is 5.87. The average molecular weight is 114 g/mol. The summed E-state index contributed by atoms with van der Waals surface area (Å²) in [7, 11) is 2.63. The normalized spacial score (nSPS) is 6.25. The molecule has 0 N–H and O–H groups in total. The first kappa shape index (κ1) is 6.83. The van der Waals surface area contributed by atoms with E-state index in [2.05, 4.69) is 15.6 Å². The lowest BCUT2D eigenvalue weighted by atomic mass is 10.7. The van der Waals surface area contributed by atoms with Crippen molar-refractivity contribution < 1.29 is 14.3 Å². The van der Waals surface area contributed by atoms with Crippen LogP contribution in [0.5, 0.6) is 0 Å². The first-order valence-corrected chi connectivity index (χ1v) is 1.93. The molecule has 8 heavy (non-hydrogen) atoms. The van der Waals surface area contributed by atoms with Gasteiger partial charge in [-0.15, -0.1) is 0 Å². The van der Waals surface area contributed by atoms with Gasteiger partial charge < -0.3 is 9.47 Å². The van der Waals surface area contributed by atoms with Crippen molar-refractivity contribution in [3.05, 3.63) is 0 Å². The molecule has 0 aromatic carbocycles. The van der Waals surface area contributed by atoms with Crippen LogP contribution in [0.25, 0.3) is 0 Å². The van der Waals surface area contributed by atoms with Crippen molar-refractivity contribution in [1.82, 2.24) is 0 Å². The van der Waals surface area contributed by atoms with E-state index in [1.807, 2.05) is 5.92 Å². The second-order valence-electron chi connectivity index (χ2n) is 0.923. The van der Waals surface area contributed by atoms with Crippen molar-refractivity contribution in [2.75, 3.05) is 14.2 Å². The third-order valence-electron chi connectivity index (χ3n) is 0.441. The van der Waals surface area contributed by atoms with E-state index < -0.39 is 5.97 Å². The molecule has 0 radical (unpaired) electrons. The summed E-state index contributed by atoms with van der Waals surface area (Å²) in [5, 5.41) is 0. The van der Waals surface area contributed by atoms with Gasteiger partial charge in [0.1, 0.15) is 6.11 Å². The second-order valence-corrected chi connectivity index (χ2v) is 0.923. The molecule has 0 aromatic heterocycles. The molecule has 0 aromatic rings.